The molecule has 0 radical (unpaired) electrons. The lowest BCUT2D eigenvalue weighted by Crippen LogP contribution is -2.12. The number of hydrogen-bond donors (Lipinski definition) is 0. The quantitative estimate of drug-likeness (QED) is 0.559. The Labute approximate surface area is 81.9 Å². The van der Waals surface area contributed by atoms with Crippen LogP contribution < -0.4 is 0 Å². The number of ketones is 1. The van der Waals surface area contributed by atoms with Gasteiger partial charge >= 0.3 is 0 Å². The first kappa shape index (κ1) is 10.7. The Hall–Kier alpha value is -0.330. The minimum atomic E-state index is 0.487. The average Bonchev–Trinajstić information content (AvgIpc) is 2.12. The van der Waals surface area contributed by atoms with Crippen LogP contribution in [-0.2, 0) is 4.79 Å². The smallest absolute Gasteiger partial charge is 0.132 e. The summed E-state index contributed by atoms with van der Waals surface area (Å²) >= 11 is 0. The minimum Gasteiger partial charge on any atom is -0.300 e. The topological polar surface area (TPSA) is 17.1 Å². The molecule has 0 spiro atoms. The van der Waals surface area contributed by atoms with E-state index in [0.717, 1.165) is 37.5 Å². The number of carbonyl (C=O) groups is 1. The first-order valence-electron chi connectivity index (χ1n) is 5.72. The molecule has 1 nitrogen and oxygen atoms in total. The molecular formula is C12H22O. The van der Waals surface area contributed by atoms with Gasteiger partial charge in [-0.05, 0) is 24.7 Å². The van der Waals surface area contributed by atoms with Gasteiger partial charge in [-0.1, -0.05) is 33.1 Å². The van der Waals surface area contributed by atoms with Crippen molar-refractivity contribution >= 4 is 5.78 Å². The van der Waals surface area contributed by atoms with E-state index in [1.807, 2.05) is 0 Å². The summed E-state index contributed by atoms with van der Waals surface area (Å²) in [4.78, 5) is 11.4. The van der Waals surface area contributed by atoms with E-state index in [0.29, 0.717) is 5.78 Å². The van der Waals surface area contributed by atoms with Crippen molar-refractivity contribution < 1.29 is 4.79 Å². The lowest BCUT2D eigenvalue weighted by atomic mass is 9.85. The zero-order valence-electron chi connectivity index (χ0n) is 9.01. The third-order valence-corrected chi connectivity index (χ3v) is 3.47. The number of Topliss-reactive ketones (excluding diaryl/α,β-unsaturated/α-hetero) is 1. The molecule has 1 aliphatic rings. The van der Waals surface area contributed by atoms with Gasteiger partial charge in [0.2, 0.25) is 0 Å². The number of carbonyl (C=O) groups excluding carboxylic acids is 1. The Balaban J connectivity index is 2.39. The average molecular weight is 182 g/mol. The second kappa shape index (κ2) is 5.41. The molecule has 2 unspecified atom stereocenters. The third-order valence-electron chi connectivity index (χ3n) is 3.47. The molecule has 0 heterocycles. The van der Waals surface area contributed by atoms with Crippen molar-refractivity contribution in [2.45, 2.75) is 58.8 Å². The van der Waals surface area contributed by atoms with E-state index in [1.165, 1.54) is 19.3 Å². The first-order chi connectivity index (χ1) is 6.20. The van der Waals surface area contributed by atoms with E-state index >= 15 is 0 Å². The lowest BCUT2D eigenvalue weighted by Gasteiger charge is -2.20. The Morgan fingerprint density at radius 1 is 0.923 bits per heavy atom. The summed E-state index contributed by atoms with van der Waals surface area (Å²) < 4.78 is 0. The van der Waals surface area contributed by atoms with Crippen LogP contribution in [0.15, 0.2) is 0 Å². The molecule has 0 aliphatic heterocycles. The number of rotatable bonds is 0. The van der Waals surface area contributed by atoms with Crippen molar-refractivity contribution in [3.05, 3.63) is 0 Å². The highest BCUT2D eigenvalue weighted by atomic mass is 16.1. The van der Waals surface area contributed by atoms with Crippen molar-refractivity contribution in [1.82, 2.24) is 0 Å². The fraction of sp³-hybridized carbons (Fsp3) is 0.917. The maximum Gasteiger partial charge on any atom is 0.132 e. The molecule has 76 valence electrons. The predicted octanol–water partition coefficient (Wildman–Crippen LogP) is 3.57. The molecule has 0 amide bonds. The van der Waals surface area contributed by atoms with Crippen LogP contribution in [0.25, 0.3) is 0 Å². The van der Waals surface area contributed by atoms with Gasteiger partial charge in [-0.3, -0.25) is 4.79 Å². The molecule has 0 aromatic heterocycles. The summed E-state index contributed by atoms with van der Waals surface area (Å²) in [6, 6.07) is 0. The van der Waals surface area contributed by atoms with Gasteiger partial charge in [-0.2, -0.15) is 0 Å². The molecule has 1 fully saturated rings. The highest BCUT2D eigenvalue weighted by Gasteiger charge is 2.15. The van der Waals surface area contributed by atoms with Gasteiger partial charge in [0.1, 0.15) is 5.78 Å². The molecule has 0 saturated heterocycles. The van der Waals surface area contributed by atoms with Gasteiger partial charge in [0.25, 0.3) is 0 Å². The standard InChI is InChI=1S/C12H22O/c1-10-6-4-3-5-7-12(13)9-8-11(10)2/h10-11H,3-9H2,1-2H3. The van der Waals surface area contributed by atoms with Crippen LogP contribution in [0.5, 0.6) is 0 Å². The van der Waals surface area contributed by atoms with Crippen molar-refractivity contribution in [2.24, 2.45) is 11.8 Å². The van der Waals surface area contributed by atoms with Crippen LogP contribution >= 0.6 is 0 Å². The monoisotopic (exact) mass is 182 g/mol. The molecule has 1 heteroatoms. The Bertz CT molecular complexity index is 163. The van der Waals surface area contributed by atoms with E-state index in [-0.39, 0.29) is 0 Å². The van der Waals surface area contributed by atoms with Gasteiger partial charge in [-0.15, -0.1) is 0 Å². The van der Waals surface area contributed by atoms with Crippen LogP contribution in [0.2, 0.25) is 0 Å². The van der Waals surface area contributed by atoms with E-state index < -0.39 is 0 Å². The van der Waals surface area contributed by atoms with Crippen molar-refractivity contribution in [3.63, 3.8) is 0 Å². The molecule has 13 heavy (non-hydrogen) atoms. The maximum absolute atomic E-state index is 11.4. The maximum atomic E-state index is 11.4. The molecule has 1 aliphatic carbocycles. The second-order valence-corrected chi connectivity index (χ2v) is 4.63. The lowest BCUT2D eigenvalue weighted by molar-refractivity contribution is -0.119. The zero-order chi connectivity index (χ0) is 9.68. The third kappa shape index (κ3) is 3.93. The molecule has 1 saturated carbocycles. The first-order valence-corrected chi connectivity index (χ1v) is 5.72. The predicted molar refractivity (Wildman–Crippen MR) is 55.7 cm³/mol. The van der Waals surface area contributed by atoms with Crippen LogP contribution in [0.4, 0.5) is 0 Å². The van der Waals surface area contributed by atoms with Gasteiger partial charge < -0.3 is 0 Å². The zero-order valence-corrected chi connectivity index (χ0v) is 9.01. The highest BCUT2D eigenvalue weighted by molar-refractivity contribution is 5.78. The van der Waals surface area contributed by atoms with E-state index in [2.05, 4.69) is 13.8 Å². The van der Waals surface area contributed by atoms with Crippen LogP contribution in [0.3, 0.4) is 0 Å². The normalized spacial score (nSPS) is 32.9. The van der Waals surface area contributed by atoms with Gasteiger partial charge in [0, 0.05) is 12.8 Å². The van der Waals surface area contributed by atoms with E-state index in [9.17, 15) is 4.79 Å². The van der Waals surface area contributed by atoms with Crippen molar-refractivity contribution in [1.29, 1.82) is 0 Å². The van der Waals surface area contributed by atoms with Crippen molar-refractivity contribution in [3.8, 4) is 0 Å². The van der Waals surface area contributed by atoms with Gasteiger partial charge in [-0.25, -0.2) is 0 Å². The Morgan fingerprint density at radius 3 is 2.38 bits per heavy atom. The Kier molecular flexibility index (Phi) is 4.47. The molecular weight excluding hydrogens is 160 g/mol. The van der Waals surface area contributed by atoms with Crippen LogP contribution in [0, 0.1) is 11.8 Å². The summed E-state index contributed by atoms with van der Waals surface area (Å²) in [6.45, 7) is 4.62. The molecule has 1 rings (SSSR count). The largest absolute Gasteiger partial charge is 0.300 e. The summed E-state index contributed by atoms with van der Waals surface area (Å²) in [5.74, 6) is 2.04. The molecule has 0 aromatic carbocycles. The van der Waals surface area contributed by atoms with Crippen LogP contribution in [-0.4, -0.2) is 5.78 Å². The SMILES string of the molecule is CC1CCCCCC(=O)CCC1C. The molecule has 0 N–H and O–H groups in total. The summed E-state index contributed by atoms with van der Waals surface area (Å²) in [6.07, 6.45) is 7.82. The summed E-state index contributed by atoms with van der Waals surface area (Å²) in [5, 5.41) is 0. The molecule has 2 atom stereocenters. The molecule has 0 aromatic rings. The van der Waals surface area contributed by atoms with Gasteiger partial charge in [0.15, 0.2) is 0 Å². The van der Waals surface area contributed by atoms with E-state index in [1.54, 1.807) is 0 Å². The minimum absolute atomic E-state index is 0.487. The summed E-state index contributed by atoms with van der Waals surface area (Å²) in [5.41, 5.74) is 0. The van der Waals surface area contributed by atoms with E-state index in [4.69, 9.17) is 0 Å². The fourth-order valence-corrected chi connectivity index (χ4v) is 2.05. The van der Waals surface area contributed by atoms with Crippen molar-refractivity contribution in [2.75, 3.05) is 0 Å². The fourth-order valence-electron chi connectivity index (χ4n) is 2.05. The second-order valence-electron chi connectivity index (χ2n) is 4.63. The number of hydrogen-bond acceptors (Lipinski definition) is 1. The Morgan fingerprint density at radius 2 is 1.62 bits per heavy atom. The highest BCUT2D eigenvalue weighted by Crippen LogP contribution is 2.24. The summed E-state index contributed by atoms with van der Waals surface area (Å²) in [7, 11) is 0. The van der Waals surface area contributed by atoms with Gasteiger partial charge in [0.05, 0.1) is 0 Å². The molecule has 0 bridgehead atoms. The van der Waals surface area contributed by atoms with Crippen LogP contribution in [0.1, 0.15) is 58.8 Å².